The highest BCUT2D eigenvalue weighted by atomic mass is 16.5. The average Bonchev–Trinajstić information content (AvgIpc) is 3.34. The second-order valence-electron chi connectivity index (χ2n) is 8.19. The monoisotopic (exact) mass is 379 g/mol. The van der Waals surface area contributed by atoms with E-state index in [1.54, 1.807) is 0 Å². The Bertz CT molecular complexity index is 618. The predicted molar refractivity (Wildman–Crippen MR) is 96.4 cm³/mol. The van der Waals surface area contributed by atoms with Gasteiger partial charge in [-0.25, -0.2) is 4.79 Å². The zero-order valence-corrected chi connectivity index (χ0v) is 16.0. The topological polar surface area (TPSA) is 105 Å². The van der Waals surface area contributed by atoms with Crippen molar-refractivity contribution in [1.29, 1.82) is 0 Å². The van der Waals surface area contributed by atoms with E-state index in [4.69, 9.17) is 4.74 Å². The van der Waals surface area contributed by atoms with Crippen LogP contribution in [0.2, 0.25) is 0 Å². The molecule has 2 saturated carbocycles. The number of carbonyl (C=O) groups is 4. The maximum atomic E-state index is 12.4. The van der Waals surface area contributed by atoms with Crippen molar-refractivity contribution < 1.29 is 23.9 Å². The summed E-state index contributed by atoms with van der Waals surface area (Å²) in [4.78, 5) is 49.7. The van der Waals surface area contributed by atoms with Crippen molar-refractivity contribution in [2.45, 2.75) is 64.5 Å². The third-order valence-electron chi connectivity index (χ3n) is 6.07. The highest BCUT2D eigenvalue weighted by Crippen LogP contribution is 2.35. The first-order valence-electron chi connectivity index (χ1n) is 9.91. The molecule has 4 atom stereocenters. The highest BCUT2D eigenvalue weighted by Gasteiger charge is 2.42. The highest BCUT2D eigenvalue weighted by molar-refractivity contribution is 5.96. The third kappa shape index (κ3) is 4.99. The van der Waals surface area contributed by atoms with Crippen LogP contribution in [0.4, 0.5) is 4.79 Å². The molecule has 0 radical (unpaired) electrons. The van der Waals surface area contributed by atoms with Gasteiger partial charge in [0.15, 0.2) is 6.61 Å². The molecule has 0 unspecified atom stereocenters. The van der Waals surface area contributed by atoms with E-state index in [2.05, 4.69) is 24.5 Å². The number of hydrogen-bond donors (Lipinski definition) is 2. The minimum absolute atomic E-state index is 0.0174. The maximum absolute atomic E-state index is 12.4. The summed E-state index contributed by atoms with van der Waals surface area (Å²) in [5.74, 6) is -0.815. The first-order valence-corrected chi connectivity index (χ1v) is 9.91. The van der Waals surface area contributed by atoms with Crippen LogP contribution in [-0.2, 0) is 19.1 Å². The van der Waals surface area contributed by atoms with Crippen LogP contribution in [0.5, 0.6) is 0 Å². The summed E-state index contributed by atoms with van der Waals surface area (Å²) < 4.78 is 5.03. The van der Waals surface area contributed by atoms with E-state index < -0.39 is 30.4 Å². The second-order valence-corrected chi connectivity index (χ2v) is 8.19. The SMILES string of the molecule is C[C@@H]1[C@H](C)CCC[C@H]1N1C[C@H](C(=O)OCC(=O)NC(=O)NC2CC2)CC1=O. The molecule has 4 amide bonds. The lowest BCUT2D eigenvalue weighted by Gasteiger charge is -2.39. The first-order chi connectivity index (χ1) is 12.8. The van der Waals surface area contributed by atoms with Gasteiger partial charge in [-0.2, -0.15) is 0 Å². The van der Waals surface area contributed by atoms with Gasteiger partial charge >= 0.3 is 12.0 Å². The number of ether oxygens (including phenoxy) is 1. The van der Waals surface area contributed by atoms with Gasteiger partial charge in [-0.1, -0.05) is 26.7 Å². The van der Waals surface area contributed by atoms with Crippen molar-refractivity contribution in [2.75, 3.05) is 13.2 Å². The Hall–Kier alpha value is -2.12. The van der Waals surface area contributed by atoms with E-state index in [0.29, 0.717) is 18.4 Å². The van der Waals surface area contributed by atoms with Crippen molar-refractivity contribution in [1.82, 2.24) is 15.5 Å². The molecule has 27 heavy (non-hydrogen) atoms. The number of urea groups is 1. The zero-order valence-electron chi connectivity index (χ0n) is 16.0. The standard InChI is InChI=1S/C19H29N3O5/c1-11-4-3-5-15(12(11)2)22-9-13(8-17(22)24)18(25)27-10-16(23)21-19(26)20-14-6-7-14/h11-15H,3-10H2,1-2H3,(H2,20,21,23,26)/t11-,12-,13-,15-/m1/s1. The minimum Gasteiger partial charge on any atom is -0.455 e. The predicted octanol–water partition coefficient (Wildman–Crippen LogP) is 1.19. The average molecular weight is 379 g/mol. The lowest BCUT2D eigenvalue weighted by molar-refractivity contribution is -0.152. The molecule has 0 aromatic heterocycles. The first kappa shape index (κ1) is 19.6. The summed E-state index contributed by atoms with van der Waals surface area (Å²) in [6, 6.07) is -0.254. The quantitative estimate of drug-likeness (QED) is 0.698. The van der Waals surface area contributed by atoms with Crippen LogP contribution in [0.25, 0.3) is 0 Å². The summed E-state index contributed by atoms with van der Waals surface area (Å²) >= 11 is 0. The van der Waals surface area contributed by atoms with Gasteiger partial charge in [-0.15, -0.1) is 0 Å². The van der Waals surface area contributed by atoms with E-state index in [-0.39, 0.29) is 24.4 Å². The molecular formula is C19H29N3O5. The molecule has 8 nitrogen and oxygen atoms in total. The van der Waals surface area contributed by atoms with Crippen LogP contribution in [0.3, 0.4) is 0 Å². The normalized spacial score (nSPS) is 30.7. The summed E-state index contributed by atoms with van der Waals surface area (Å²) in [6.45, 7) is 4.22. The molecule has 1 heterocycles. The Kier molecular flexibility index (Phi) is 6.01. The maximum Gasteiger partial charge on any atom is 0.321 e. The minimum atomic E-state index is -0.669. The molecule has 0 bridgehead atoms. The van der Waals surface area contributed by atoms with Crippen LogP contribution in [0, 0.1) is 17.8 Å². The fraction of sp³-hybridized carbons (Fsp3) is 0.789. The lowest BCUT2D eigenvalue weighted by Crippen LogP contribution is -2.45. The molecule has 3 fully saturated rings. The molecular weight excluding hydrogens is 350 g/mol. The van der Waals surface area contributed by atoms with E-state index >= 15 is 0 Å². The van der Waals surface area contributed by atoms with Crippen LogP contribution < -0.4 is 10.6 Å². The Morgan fingerprint density at radius 1 is 1.15 bits per heavy atom. The number of carbonyl (C=O) groups excluding carboxylic acids is 4. The number of hydrogen-bond acceptors (Lipinski definition) is 5. The number of imide groups is 1. The van der Waals surface area contributed by atoms with Gasteiger partial charge in [-0.05, 0) is 31.1 Å². The summed E-state index contributed by atoms with van der Waals surface area (Å²) in [6.07, 6.45) is 5.20. The van der Waals surface area contributed by atoms with Crippen LogP contribution in [0.1, 0.15) is 52.4 Å². The van der Waals surface area contributed by atoms with Gasteiger partial charge in [-0.3, -0.25) is 19.7 Å². The Balaban J connectivity index is 1.44. The van der Waals surface area contributed by atoms with E-state index in [9.17, 15) is 19.2 Å². The molecule has 0 aromatic carbocycles. The second kappa shape index (κ2) is 8.27. The smallest absolute Gasteiger partial charge is 0.321 e. The third-order valence-corrected chi connectivity index (χ3v) is 6.07. The van der Waals surface area contributed by atoms with Crippen LogP contribution >= 0.6 is 0 Å². The van der Waals surface area contributed by atoms with Crippen molar-refractivity contribution in [3.05, 3.63) is 0 Å². The molecule has 2 aliphatic carbocycles. The molecule has 8 heteroatoms. The van der Waals surface area contributed by atoms with Gasteiger partial charge in [0.05, 0.1) is 5.92 Å². The van der Waals surface area contributed by atoms with E-state index in [0.717, 1.165) is 25.7 Å². The number of esters is 1. The number of nitrogens with zero attached hydrogens (tertiary/aromatic N) is 1. The molecule has 3 rings (SSSR count). The number of nitrogens with one attached hydrogen (secondary N) is 2. The van der Waals surface area contributed by atoms with Crippen LogP contribution in [-0.4, -0.2) is 54.0 Å². The zero-order chi connectivity index (χ0) is 19.6. The molecule has 0 aromatic rings. The number of likely N-dealkylation sites (tertiary alicyclic amines) is 1. The number of amides is 4. The van der Waals surface area contributed by atoms with E-state index in [1.807, 2.05) is 4.90 Å². The lowest BCUT2D eigenvalue weighted by atomic mass is 9.77. The van der Waals surface area contributed by atoms with Gasteiger partial charge < -0.3 is 15.0 Å². The van der Waals surface area contributed by atoms with Gasteiger partial charge in [0.2, 0.25) is 5.91 Å². The number of rotatable bonds is 5. The molecule has 2 N–H and O–H groups in total. The van der Waals surface area contributed by atoms with Crippen molar-refractivity contribution in [2.24, 2.45) is 17.8 Å². The largest absolute Gasteiger partial charge is 0.455 e. The van der Waals surface area contributed by atoms with Gasteiger partial charge in [0.1, 0.15) is 0 Å². The summed E-state index contributed by atoms with van der Waals surface area (Å²) in [5.41, 5.74) is 0. The van der Waals surface area contributed by atoms with Gasteiger partial charge in [0.25, 0.3) is 5.91 Å². The molecule has 0 spiro atoms. The Morgan fingerprint density at radius 2 is 1.89 bits per heavy atom. The fourth-order valence-corrected chi connectivity index (χ4v) is 4.07. The molecule has 1 saturated heterocycles. The summed E-state index contributed by atoms with van der Waals surface area (Å²) in [5, 5.41) is 4.75. The van der Waals surface area contributed by atoms with Crippen molar-refractivity contribution in [3.8, 4) is 0 Å². The van der Waals surface area contributed by atoms with Crippen molar-refractivity contribution >= 4 is 23.8 Å². The molecule has 3 aliphatic rings. The molecule has 150 valence electrons. The van der Waals surface area contributed by atoms with E-state index in [1.165, 1.54) is 6.42 Å². The Morgan fingerprint density at radius 3 is 2.59 bits per heavy atom. The fourth-order valence-electron chi connectivity index (χ4n) is 4.07. The van der Waals surface area contributed by atoms with Gasteiger partial charge in [0, 0.05) is 25.0 Å². The summed E-state index contributed by atoms with van der Waals surface area (Å²) in [7, 11) is 0. The van der Waals surface area contributed by atoms with Crippen molar-refractivity contribution in [3.63, 3.8) is 0 Å². The molecule has 1 aliphatic heterocycles. The Labute approximate surface area is 159 Å². The van der Waals surface area contributed by atoms with Crippen LogP contribution in [0.15, 0.2) is 0 Å².